The predicted molar refractivity (Wildman–Crippen MR) is 74.4 cm³/mol. The van der Waals surface area contributed by atoms with Crippen LogP contribution in [0.3, 0.4) is 0 Å². The van der Waals surface area contributed by atoms with Gasteiger partial charge in [0, 0.05) is 17.3 Å². The summed E-state index contributed by atoms with van der Waals surface area (Å²) < 4.78 is 2.07. The van der Waals surface area contributed by atoms with Crippen molar-refractivity contribution in [2.24, 2.45) is 0 Å². The molecule has 0 aromatic carbocycles. The Morgan fingerprint density at radius 2 is 2.33 bits per heavy atom. The van der Waals surface area contributed by atoms with Crippen LogP contribution in [0.1, 0.15) is 48.5 Å². The second kappa shape index (κ2) is 4.39. The van der Waals surface area contributed by atoms with Gasteiger partial charge in [-0.25, -0.2) is 4.68 Å². The highest BCUT2D eigenvalue weighted by Crippen LogP contribution is 2.34. The van der Waals surface area contributed by atoms with E-state index in [1.807, 2.05) is 11.3 Å². The predicted octanol–water partition coefficient (Wildman–Crippen LogP) is 3.18. The number of aromatic nitrogens is 3. The molecule has 0 saturated heterocycles. The van der Waals surface area contributed by atoms with Crippen molar-refractivity contribution in [1.29, 1.82) is 0 Å². The number of nitrogens with one attached hydrogen (secondary N) is 1. The van der Waals surface area contributed by atoms with Gasteiger partial charge in [-0.15, -0.1) is 11.3 Å². The molecule has 0 aliphatic carbocycles. The Labute approximate surface area is 111 Å². The topological polar surface area (TPSA) is 42.7 Å². The first-order chi connectivity index (χ1) is 8.66. The highest BCUT2D eigenvalue weighted by atomic mass is 32.1. The number of anilines is 1. The number of aryl methyl sites for hydroxylation is 1. The van der Waals surface area contributed by atoms with Crippen LogP contribution in [-0.4, -0.2) is 21.3 Å². The lowest BCUT2D eigenvalue weighted by atomic mass is 10.1. The van der Waals surface area contributed by atoms with E-state index in [4.69, 9.17) is 0 Å². The molecule has 1 aliphatic heterocycles. The first-order valence-electron chi connectivity index (χ1n) is 6.41. The van der Waals surface area contributed by atoms with E-state index in [9.17, 15) is 0 Å². The van der Waals surface area contributed by atoms with Crippen molar-refractivity contribution in [2.75, 3.05) is 11.9 Å². The maximum atomic E-state index is 4.68. The van der Waals surface area contributed by atoms with E-state index in [1.54, 1.807) is 0 Å². The molecule has 2 aromatic rings. The fraction of sp³-hybridized carbons (Fsp3) is 0.538. The summed E-state index contributed by atoms with van der Waals surface area (Å²) in [5.41, 5.74) is 1.36. The van der Waals surface area contributed by atoms with Gasteiger partial charge in [-0.3, -0.25) is 0 Å². The average Bonchev–Trinajstić information content (AvgIpc) is 2.94. The summed E-state index contributed by atoms with van der Waals surface area (Å²) in [5, 5.41) is 10.2. The molecule has 18 heavy (non-hydrogen) atoms. The molecule has 1 atom stereocenters. The molecular weight excluding hydrogens is 244 g/mol. The van der Waals surface area contributed by atoms with Crippen LogP contribution in [0.2, 0.25) is 0 Å². The summed E-state index contributed by atoms with van der Waals surface area (Å²) >= 11 is 1.82. The van der Waals surface area contributed by atoms with Crippen LogP contribution in [0.5, 0.6) is 0 Å². The SMILES string of the molecule is Cc1ccsc1C1CCNc2nc(C(C)C)nn21. The third kappa shape index (κ3) is 1.82. The fourth-order valence-electron chi connectivity index (χ4n) is 2.33. The summed E-state index contributed by atoms with van der Waals surface area (Å²) in [5.74, 6) is 2.22. The van der Waals surface area contributed by atoms with Crippen molar-refractivity contribution in [3.05, 3.63) is 27.7 Å². The molecule has 0 spiro atoms. The van der Waals surface area contributed by atoms with Crippen LogP contribution in [0.15, 0.2) is 11.4 Å². The normalized spacial score (nSPS) is 18.8. The molecule has 5 heteroatoms. The van der Waals surface area contributed by atoms with Gasteiger partial charge in [0.15, 0.2) is 5.82 Å². The molecular formula is C13H18N4S. The molecule has 1 aliphatic rings. The van der Waals surface area contributed by atoms with Gasteiger partial charge in [0.2, 0.25) is 5.95 Å². The lowest BCUT2D eigenvalue weighted by Gasteiger charge is -2.24. The van der Waals surface area contributed by atoms with Crippen LogP contribution in [-0.2, 0) is 0 Å². The Balaban J connectivity index is 2.04. The van der Waals surface area contributed by atoms with Crippen LogP contribution in [0.4, 0.5) is 5.95 Å². The van der Waals surface area contributed by atoms with E-state index < -0.39 is 0 Å². The number of fused-ring (bicyclic) bond motifs is 1. The number of nitrogens with zero attached hydrogens (tertiary/aromatic N) is 3. The monoisotopic (exact) mass is 262 g/mol. The number of hydrogen-bond acceptors (Lipinski definition) is 4. The van der Waals surface area contributed by atoms with Crippen molar-refractivity contribution < 1.29 is 0 Å². The zero-order chi connectivity index (χ0) is 12.7. The third-order valence-corrected chi connectivity index (χ3v) is 4.48. The number of hydrogen-bond donors (Lipinski definition) is 1. The smallest absolute Gasteiger partial charge is 0.222 e. The average molecular weight is 262 g/mol. The van der Waals surface area contributed by atoms with E-state index in [2.05, 4.69) is 52.3 Å². The van der Waals surface area contributed by atoms with E-state index >= 15 is 0 Å². The Hall–Kier alpha value is -1.36. The molecule has 1 N–H and O–H groups in total. The molecule has 0 radical (unpaired) electrons. The largest absolute Gasteiger partial charge is 0.354 e. The summed E-state index contributed by atoms with van der Waals surface area (Å²) in [6, 6.07) is 2.53. The fourth-order valence-corrected chi connectivity index (χ4v) is 3.38. The second-order valence-corrected chi connectivity index (χ2v) is 6.04. The van der Waals surface area contributed by atoms with Gasteiger partial charge in [0.05, 0.1) is 6.04 Å². The number of rotatable bonds is 2. The highest BCUT2D eigenvalue weighted by Gasteiger charge is 2.26. The highest BCUT2D eigenvalue weighted by molar-refractivity contribution is 7.10. The summed E-state index contributed by atoms with van der Waals surface area (Å²) in [6.45, 7) is 7.41. The van der Waals surface area contributed by atoms with Gasteiger partial charge in [0.1, 0.15) is 0 Å². The van der Waals surface area contributed by atoms with Gasteiger partial charge < -0.3 is 5.32 Å². The summed E-state index contributed by atoms with van der Waals surface area (Å²) in [7, 11) is 0. The van der Waals surface area contributed by atoms with E-state index in [0.717, 1.165) is 24.7 Å². The van der Waals surface area contributed by atoms with Gasteiger partial charge in [0.25, 0.3) is 0 Å². The van der Waals surface area contributed by atoms with Gasteiger partial charge in [-0.2, -0.15) is 10.1 Å². The van der Waals surface area contributed by atoms with Crippen LogP contribution >= 0.6 is 11.3 Å². The van der Waals surface area contributed by atoms with Crippen molar-refractivity contribution >= 4 is 17.3 Å². The van der Waals surface area contributed by atoms with Gasteiger partial charge in [-0.1, -0.05) is 13.8 Å². The van der Waals surface area contributed by atoms with E-state index in [1.165, 1.54) is 10.4 Å². The van der Waals surface area contributed by atoms with Crippen molar-refractivity contribution in [3.8, 4) is 0 Å². The van der Waals surface area contributed by atoms with Crippen LogP contribution < -0.4 is 5.32 Å². The van der Waals surface area contributed by atoms with Crippen LogP contribution in [0.25, 0.3) is 0 Å². The molecule has 3 rings (SSSR count). The molecule has 3 heterocycles. The van der Waals surface area contributed by atoms with Gasteiger partial charge in [-0.05, 0) is 30.4 Å². The van der Waals surface area contributed by atoms with Crippen LogP contribution in [0, 0.1) is 6.92 Å². The van der Waals surface area contributed by atoms with Crippen molar-refractivity contribution in [3.63, 3.8) is 0 Å². The Morgan fingerprint density at radius 1 is 1.50 bits per heavy atom. The molecule has 0 bridgehead atoms. The molecule has 4 nitrogen and oxygen atoms in total. The minimum atomic E-state index is 0.348. The third-order valence-electron chi connectivity index (χ3n) is 3.36. The summed E-state index contributed by atoms with van der Waals surface area (Å²) in [6.07, 6.45) is 1.08. The zero-order valence-electron chi connectivity index (χ0n) is 11.0. The quantitative estimate of drug-likeness (QED) is 0.904. The maximum absolute atomic E-state index is 4.68. The Kier molecular flexibility index (Phi) is 2.86. The molecule has 2 aromatic heterocycles. The molecule has 96 valence electrons. The molecule has 0 fully saturated rings. The van der Waals surface area contributed by atoms with Gasteiger partial charge >= 0.3 is 0 Å². The van der Waals surface area contributed by atoms with E-state index in [0.29, 0.717) is 12.0 Å². The van der Waals surface area contributed by atoms with Crippen molar-refractivity contribution in [2.45, 2.75) is 39.2 Å². The summed E-state index contributed by atoms with van der Waals surface area (Å²) in [4.78, 5) is 6.00. The lowest BCUT2D eigenvalue weighted by molar-refractivity contribution is 0.480. The minimum absolute atomic E-state index is 0.348. The zero-order valence-corrected chi connectivity index (χ0v) is 11.8. The Morgan fingerprint density at radius 3 is 3.00 bits per heavy atom. The lowest BCUT2D eigenvalue weighted by Crippen LogP contribution is -2.24. The molecule has 1 unspecified atom stereocenters. The number of thiophene rings is 1. The first-order valence-corrected chi connectivity index (χ1v) is 7.29. The minimum Gasteiger partial charge on any atom is -0.354 e. The first kappa shape index (κ1) is 11.7. The second-order valence-electron chi connectivity index (χ2n) is 5.09. The van der Waals surface area contributed by atoms with E-state index in [-0.39, 0.29) is 0 Å². The Bertz CT molecular complexity index is 555. The standard InChI is InChI=1S/C13H18N4S/c1-8(2)12-15-13-14-6-4-10(17(13)16-12)11-9(3)5-7-18-11/h5,7-8,10H,4,6H2,1-3H3,(H,14,15,16). The molecule has 0 amide bonds. The maximum Gasteiger partial charge on any atom is 0.222 e. The van der Waals surface area contributed by atoms with Crippen molar-refractivity contribution in [1.82, 2.24) is 14.8 Å². The molecule has 0 saturated carbocycles.